The van der Waals surface area contributed by atoms with E-state index < -0.39 is 0 Å². The molecule has 4 heteroatoms. The second-order valence-electron chi connectivity index (χ2n) is 11.1. The molecule has 0 bridgehead atoms. The van der Waals surface area contributed by atoms with Crippen molar-refractivity contribution in [2.24, 2.45) is 23.7 Å². The molecule has 2 atom stereocenters. The zero-order valence-corrected chi connectivity index (χ0v) is 22.4. The van der Waals surface area contributed by atoms with Crippen LogP contribution in [-0.4, -0.2) is 25.2 Å². The number of esters is 2. The second-order valence-corrected chi connectivity index (χ2v) is 11.1. The summed E-state index contributed by atoms with van der Waals surface area (Å²) in [5, 5.41) is 0. The van der Waals surface area contributed by atoms with Crippen LogP contribution in [-0.2, 0) is 19.1 Å². The third-order valence-corrected chi connectivity index (χ3v) is 6.96. The molecule has 4 nitrogen and oxygen atoms in total. The lowest BCUT2D eigenvalue weighted by atomic mass is 9.79. The maximum Gasteiger partial charge on any atom is 0.309 e. The Morgan fingerprint density at radius 1 is 0.576 bits per heavy atom. The van der Waals surface area contributed by atoms with Crippen molar-refractivity contribution in [1.29, 1.82) is 0 Å². The largest absolute Gasteiger partial charge is 0.465 e. The average molecular weight is 467 g/mol. The monoisotopic (exact) mass is 466 g/mol. The highest BCUT2D eigenvalue weighted by atomic mass is 16.5. The Hall–Kier alpha value is -1.06. The van der Waals surface area contributed by atoms with Crippen LogP contribution in [0.4, 0.5) is 0 Å². The van der Waals surface area contributed by atoms with Crippen LogP contribution in [0.15, 0.2) is 0 Å². The summed E-state index contributed by atoms with van der Waals surface area (Å²) in [5.41, 5.74) is 0. The number of rotatable bonds is 19. The minimum atomic E-state index is -0.307. The fourth-order valence-electron chi connectivity index (χ4n) is 4.80. The van der Waals surface area contributed by atoms with Gasteiger partial charge in [0.15, 0.2) is 0 Å². The molecule has 1 fully saturated rings. The van der Waals surface area contributed by atoms with Crippen LogP contribution in [0.3, 0.4) is 0 Å². The number of hydrogen-bond donors (Lipinski definition) is 0. The van der Waals surface area contributed by atoms with E-state index in [1.807, 2.05) is 0 Å². The lowest BCUT2D eigenvalue weighted by Crippen LogP contribution is -2.35. The van der Waals surface area contributed by atoms with Crippen molar-refractivity contribution in [3.05, 3.63) is 0 Å². The van der Waals surface area contributed by atoms with Crippen LogP contribution in [0, 0.1) is 23.7 Å². The molecule has 1 rings (SSSR count). The Kier molecular flexibility index (Phi) is 17.5. The number of hydrogen-bond acceptors (Lipinski definition) is 4. The molecule has 0 radical (unpaired) electrons. The van der Waals surface area contributed by atoms with Crippen molar-refractivity contribution in [3.63, 3.8) is 0 Å². The van der Waals surface area contributed by atoms with Crippen LogP contribution >= 0.6 is 0 Å². The van der Waals surface area contributed by atoms with Gasteiger partial charge in [0, 0.05) is 0 Å². The van der Waals surface area contributed by atoms with Gasteiger partial charge in [0.05, 0.1) is 25.0 Å². The van der Waals surface area contributed by atoms with Gasteiger partial charge < -0.3 is 9.47 Å². The van der Waals surface area contributed by atoms with Gasteiger partial charge in [-0.1, -0.05) is 111 Å². The van der Waals surface area contributed by atoms with E-state index in [-0.39, 0.29) is 23.8 Å². The molecular weight excluding hydrogens is 412 g/mol. The highest BCUT2D eigenvalue weighted by Crippen LogP contribution is 2.32. The molecule has 1 aliphatic carbocycles. The molecular formula is C29H54O4. The molecule has 0 saturated heterocycles. The van der Waals surface area contributed by atoms with Gasteiger partial charge >= 0.3 is 11.9 Å². The van der Waals surface area contributed by atoms with Crippen molar-refractivity contribution < 1.29 is 19.1 Å². The minimum Gasteiger partial charge on any atom is -0.465 e. The standard InChI is InChI=1S/C29H54O4/c1-24(2)18-12-8-6-5-7-10-16-22-32-28(30)26-20-14-15-21-27(26)29(31)33-23-17-11-9-13-19-25(3)4/h24-27H,5-23H2,1-4H3. The highest BCUT2D eigenvalue weighted by molar-refractivity contribution is 5.82. The summed E-state index contributed by atoms with van der Waals surface area (Å²) >= 11 is 0. The SMILES string of the molecule is CC(C)CCCCCCCCCOC(=O)C1CCCCC1C(=O)OCCCCCCC(C)C. The Bertz CT molecular complexity index is 500. The third-order valence-electron chi connectivity index (χ3n) is 6.96. The number of carbonyl (C=O) groups is 2. The zero-order chi connectivity index (χ0) is 24.3. The molecule has 0 aromatic carbocycles. The minimum absolute atomic E-state index is 0.181. The summed E-state index contributed by atoms with van der Waals surface area (Å²) in [7, 11) is 0. The van der Waals surface area contributed by atoms with Gasteiger partial charge in [-0.05, 0) is 37.5 Å². The normalized spacial score (nSPS) is 18.6. The predicted molar refractivity (Wildman–Crippen MR) is 137 cm³/mol. The summed E-state index contributed by atoms with van der Waals surface area (Å²) in [6.45, 7) is 10.1. The number of ether oxygens (including phenoxy) is 2. The van der Waals surface area contributed by atoms with Gasteiger partial charge in [0.1, 0.15) is 0 Å². The molecule has 1 aliphatic rings. The molecule has 0 heterocycles. The molecule has 1 saturated carbocycles. The van der Waals surface area contributed by atoms with Crippen molar-refractivity contribution >= 4 is 11.9 Å². The van der Waals surface area contributed by atoms with Crippen molar-refractivity contribution in [1.82, 2.24) is 0 Å². The topological polar surface area (TPSA) is 52.6 Å². The Balaban J connectivity index is 2.14. The first kappa shape index (κ1) is 30.0. The molecule has 0 aromatic rings. The Morgan fingerprint density at radius 2 is 0.909 bits per heavy atom. The van der Waals surface area contributed by atoms with Crippen molar-refractivity contribution in [2.45, 2.75) is 137 Å². The van der Waals surface area contributed by atoms with Gasteiger partial charge in [-0.3, -0.25) is 9.59 Å². The van der Waals surface area contributed by atoms with Gasteiger partial charge in [0.2, 0.25) is 0 Å². The summed E-state index contributed by atoms with van der Waals surface area (Å²) in [4.78, 5) is 25.3. The molecule has 0 aromatic heterocycles. The summed E-state index contributed by atoms with van der Waals surface area (Å²) in [6, 6.07) is 0. The van der Waals surface area contributed by atoms with Gasteiger partial charge in [0.25, 0.3) is 0 Å². The molecule has 0 amide bonds. The molecule has 0 aliphatic heterocycles. The predicted octanol–water partition coefficient (Wildman–Crippen LogP) is 8.26. The van der Waals surface area contributed by atoms with E-state index in [9.17, 15) is 9.59 Å². The molecule has 194 valence electrons. The van der Waals surface area contributed by atoms with Crippen LogP contribution in [0.25, 0.3) is 0 Å². The maximum absolute atomic E-state index is 12.6. The second kappa shape index (κ2) is 19.3. The van der Waals surface area contributed by atoms with Crippen molar-refractivity contribution in [2.75, 3.05) is 13.2 Å². The van der Waals surface area contributed by atoms with E-state index in [1.165, 1.54) is 57.8 Å². The Labute approximate surface area is 205 Å². The van der Waals surface area contributed by atoms with Gasteiger partial charge in [-0.15, -0.1) is 0 Å². The zero-order valence-electron chi connectivity index (χ0n) is 22.4. The van der Waals surface area contributed by atoms with Gasteiger partial charge in [-0.2, -0.15) is 0 Å². The van der Waals surface area contributed by atoms with Crippen LogP contribution in [0.5, 0.6) is 0 Å². The number of carbonyl (C=O) groups excluding carboxylic acids is 2. The van der Waals surface area contributed by atoms with Crippen LogP contribution in [0.2, 0.25) is 0 Å². The van der Waals surface area contributed by atoms with E-state index in [0.717, 1.165) is 63.2 Å². The first-order valence-electron chi connectivity index (χ1n) is 14.2. The molecule has 0 spiro atoms. The summed E-state index contributed by atoms with van der Waals surface area (Å²) < 4.78 is 11.1. The highest BCUT2D eigenvalue weighted by Gasteiger charge is 2.37. The molecule has 33 heavy (non-hydrogen) atoms. The average Bonchev–Trinajstić information content (AvgIpc) is 2.79. The van der Waals surface area contributed by atoms with E-state index in [4.69, 9.17) is 9.47 Å². The lowest BCUT2D eigenvalue weighted by molar-refractivity contribution is -0.163. The third kappa shape index (κ3) is 15.5. The van der Waals surface area contributed by atoms with E-state index in [0.29, 0.717) is 13.2 Å². The summed E-state index contributed by atoms with van der Waals surface area (Å²) in [6.07, 6.45) is 19.1. The smallest absolute Gasteiger partial charge is 0.309 e. The summed E-state index contributed by atoms with van der Waals surface area (Å²) in [5.74, 6) is 0.594. The first-order valence-corrected chi connectivity index (χ1v) is 14.2. The first-order chi connectivity index (χ1) is 15.9. The van der Waals surface area contributed by atoms with Crippen LogP contribution < -0.4 is 0 Å². The Morgan fingerprint density at radius 3 is 1.27 bits per heavy atom. The number of unbranched alkanes of at least 4 members (excludes halogenated alkanes) is 9. The van der Waals surface area contributed by atoms with Gasteiger partial charge in [-0.25, -0.2) is 0 Å². The van der Waals surface area contributed by atoms with E-state index in [2.05, 4.69) is 27.7 Å². The van der Waals surface area contributed by atoms with Crippen molar-refractivity contribution in [3.8, 4) is 0 Å². The van der Waals surface area contributed by atoms with E-state index in [1.54, 1.807) is 0 Å². The van der Waals surface area contributed by atoms with E-state index >= 15 is 0 Å². The van der Waals surface area contributed by atoms with Crippen LogP contribution in [0.1, 0.15) is 137 Å². The lowest BCUT2D eigenvalue weighted by Gasteiger charge is -2.28. The molecule has 2 unspecified atom stereocenters. The fraction of sp³-hybridized carbons (Fsp3) is 0.931. The maximum atomic E-state index is 12.6. The quantitative estimate of drug-likeness (QED) is 0.142. The fourth-order valence-corrected chi connectivity index (χ4v) is 4.80. The molecule has 0 N–H and O–H groups in total.